The first-order valence-corrected chi connectivity index (χ1v) is 5.43. The summed E-state index contributed by atoms with van der Waals surface area (Å²) in [6.45, 7) is 8.52. The van der Waals surface area contributed by atoms with E-state index in [-0.39, 0.29) is 6.09 Å². The summed E-state index contributed by atoms with van der Waals surface area (Å²) < 4.78 is 5.23. The summed E-state index contributed by atoms with van der Waals surface area (Å²) in [5.74, 6) is 0. The zero-order valence-corrected chi connectivity index (χ0v) is 10.7. The molecular weight excluding hydrogens is 212 g/mol. The third kappa shape index (κ3) is 7.13. The Morgan fingerprint density at radius 3 is 2.33 bits per heavy atom. The molecular formula is C10H20N2O2S. The van der Waals surface area contributed by atoms with Crippen LogP contribution in [0.5, 0.6) is 0 Å². The molecule has 0 aliphatic rings. The third-order valence-electron chi connectivity index (χ3n) is 1.66. The molecule has 88 valence electrons. The molecule has 0 rings (SSSR count). The van der Waals surface area contributed by atoms with E-state index in [1.165, 1.54) is 0 Å². The molecule has 0 aromatic carbocycles. The number of ether oxygens (including phenoxy) is 1. The quantitative estimate of drug-likeness (QED) is 0.752. The van der Waals surface area contributed by atoms with E-state index < -0.39 is 5.60 Å². The molecule has 0 saturated carbocycles. The molecule has 15 heavy (non-hydrogen) atoms. The van der Waals surface area contributed by atoms with Gasteiger partial charge >= 0.3 is 6.09 Å². The number of hydrogen-bond acceptors (Lipinski definition) is 3. The van der Waals surface area contributed by atoms with Gasteiger partial charge in [-0.2, -0.15) is 0 Å². The molecule has 2 N–H and O–H groups in total. The number of nitrogens with zero attached hydrogens (tertiary/aromatic N) is 1. The van der Waals surface area contributed by atoms with Crippen molar-refractivity contribution in [3.63, 3.8) is 0 Å². The average molecular weight is 232 g/mol. The Bertz CT molecular complexity index is 236. The van der Waals surface area contributed by atoms with Gasteiger partial charge in [-0.15, -0.1) is 0 Å². The molecule has 1 amide bonds. The summed E-state index contributed by atoms with van der Waals surface area (Å²) in [7, 11) is 0. The predicted molar refractivity (Wildman–Crippen MR) is 64.9 cm³/mol. The number of nitrogens with two attached hydrogens (primary N) is 1. The van der Waals surface area contributed by atoms with E-state index in [2.05, 4.69) is 0 Å². The molecule has 0 aromatic rings. The minimum absolute atomic E-state index is 0.318. The first kappa shape index (κ1) is 14.2. The van der Waals surface area contributed by atoms with E-state index in [4.69, 9.17) is 22.7 Å². The van der Waals surface area contributed by atoms with E-state index in [0.29, 0.717) is 24.5 Å². The molecule has 0 aliphatic carbocycles. The van der Waals surface area contributed by atoms with Crippen molar-refractivity contribution in [3.05, 3.63) is 0 Å². The van der Waals surface area contributed by atoms with Gasteiger partial charge < -0.3 is 15.4 Å². The van der Waals surface area contributed by atoms with Crippen LogP contribution in [0.15, 0.2) is 0 Å². The lowest BCUT2D eigenvalue weighted by molar-refractivity contribution is 0.0265. The summed E-state index contributed by atoms with van der Waals surface area (Å²) in [5.41, 5.74) is 4.91. The zero-order valence-electron chi connectivity index (χ0n) is 9.87. The summed E-state index contributed by atoms with van der Waals surface area (Å²) in [4.78, 5) is 13.6. The molecule has 0 aliphatic heterocycles. The van der Waals surface area contributed by atoms with Crippen LogP contribution in [0.2, 0.25) is 0 Å². The second kappa shape index (κ2) is 5.90. The fraction of sp³-hybridized carbons (Fsp3) is 0.800. The second-order valence-corrected chi connectivity index (χ2v) is 4.80. The van der Waals surface area contributed by atoms with E-state index in [0.717, 1.165) is 0 Å². The van der Waals surface area contributed by atoms with Gasteiger partial charge in [-0.25, -0.2) is 4.79 Å². The van der Waals surface area contributed by atoms with Crippen molar-refractivity contribution in [2.24, 2.45) is 5.73 Å². The Balaban J connectivity index is 4.16. The predicted octanol–water partition coefficient (Wildman–Crippen LogP) is 1.92. The lowest BCUT2D eigenvalue weighted by Gasteiger charge is -2.26. The molecule has 0 bridgehead atoms. The third-order valence-corrected chi connectivity index (χ3v) is 1.87. The topological polar surface area (TPSA) is 55.6 Å². The van der Waals surface area contributed by atoms with Gasteiger partial charge in [-0.3, -0.25) is 0 Å². The number of thiocarbonyl (C=S) groups is 1. The van der Waals surface area contributed by atoms with Crippen molar-refractivity contribution < 1.29 is 9.53 Å². The van der Waals surface area contributed by atoms with Crippen LogP contribution in [0.25, 0.3) is 0 Å². The van der Waals surface area contributed by atoms with Gasteiger partial charge in [0, 0.05) is 19.5 Å². The van der Waals surface area contributed by atoms with Gasteiger partial charge in [0.15, 0.2) is 0 Å². The highest BCUT2D eigenvalue weighted by Gasteiger charge is 2.20. The Labute approximate surface area is 96.8 Å². The van der Waals surface area contributed by atoms with Crippen LogP contribution in [0.3, 0.4) is 0 Å². The number of rotatable bonds is 4. The summed E-state index contributed by atoms with van der Waals surface area (Å²) >= 11 is 4.76. The minimum atomic E-state index is -0.465. The lowest BCUT2D eigenvalue weighted by Crippen LogP contribution is -2.38. The fourth-order valence-electron chi connectivity index (χ4n) is 0.950. The molecule has 5 heteroatoms. The van der Waals surface area contributed by atoms with Crippen molar-refractivity contribution in [1.29, 1.82) is 0 Å². The highest BCUT2D eigenvalue weighted by Crippen LogP contribution is 2.09. The monoisotopic (exact) mass is 232 g/mol. The maximum atomic E-state index is 11.6. The maximum Gasteiger partial charge on any atom is 0.410 e. The molecule has 0 heterocycles. The Morgan fingerprint density at radius 1 is 1.47 bits per heavy atom. The van der Waals surface area contributed by atoms with Crippen molar-refractivity contribution in [1.82, 2.24) is 4.90 Å². The maximum absolute atomic E-state index is 11.6. The summed E-state index contributed by atoms with van der Waals surface area (Å²) in [6, 6.07) is 0. The van der Waals surface area contributed by atoms with Crippen LogP contribution in [-0.4, -0.2) is 34.7 Å². The van der Waals surface area contributed by atoms with E-state index >= 15 is 0 Å². The largest absolute Gasteiger partial charge is 0.444 e. The van der Waals surface area contributed by atoms with Crippen LogP contribution < -0.4 is 5.73 Å². The molecule has 0 saturated heterocycles. The Kier molecular flexibility index (Phi) is 5.57. The van der Waals surface area contributed by atoms with E-state index in [9.17, 15) is 4.79 Å². The first-order chi connectivity index (χ1) is 6.76. The standard InChI is InChI=1S/C10H20N2O2S/c1-5-12(7-6-8(11)15)9(13)14-10(2,3)4/h5-7H2,1-4H3,(H2,11,15). The number of amides is 1. The van der Waals surface area contributed by atoms with Crippen molar-refractivity contribution in [3.8, 4) is 0 Å². The molecule has 0 spiro atoms. The Morgan fingerprint density at radius 2 is 2.00 bits per heavy atom. The van der Waals surface area contributed by atoms with Gasteiger partial charge in [0.05, 0.1) is 4.99 Å². The van der Waals surface area contributed by atoms with Gasteiger partial charge in [-0.05, 0) is 27.7 Å². The van der Waals surface area contributed by atoms with E-state index in [1.54, 1.807) is 4.90 Å². The number of carbonyl (C=O) groups excluding carboxylic acids is 1. The van der Waals surface area contributed by atoms with Gasteiger partial charge in [-0.1, -0.05) is 12.2 Å². The van der Waals surface area contributed by atoms with Crippen molar-refractivity contribution >= 4 is 23.3 Å². The lowest BCUT2D eigenvalue weighted by atomic mass is 10.2. The van der Waals surface area contributed by atoms with Crippen LogP contribution in [0.1, 0.15) is 34.1 Å². The van der Waals surface area contributed by atoms with Crippen LogP contribution >= 0.6 is 12.2 Å². The number of hydrogen-bond donors (Lipinski definition) is 1. The highest BCUT2D eigenvalue weighted by atomic mass is 32.1. The fourth-order valence-corrected chi connectivity index (χ4v) is 1.04. The number of carbonyl (C=O) groups is 1. The van der Waals surface area contributed by atoms with Crippen molar-refractivity contribution in [2.45, 2.75) is 39.7 Å². The normalized spacial score (nSPS) is 10.9. The molecule has 0 aromatic heterocycles. The highest BCUT2D eigenvalue weighted by molar-refractivity contribution is 7.80. The SMILES string of the molecule is CCN(CCC(N)=S)C(=O)OC(C)(C)C. The molecule has 0 radical (unpaired) electrons. The smallest absolute Gasteiger partial charge is 0.410 e. The molecule has 4 nitrogen and oxygen atoms in total. The van der Waals surface area contributed by atoms with Crippen LogP contribution in [-0.2, 0) is 4.74 Å². The zero-order chi connectivity index (χ0) is 12.1. The van der Waals surface area contributed by atoms with Gasteiger partial charge in [0.1, 0.15) is 5.60 Å². The van der Waals surface area contributed by atoms with Crippen LogP contribution in [0.4, 0.5) is 4.79 Å². The molecule has 0 atom stereocenters. The first-order valence-electron chi connectivity index (χ1n) is 5.02. The minimum Gasteiger partial charge on any atom is -0.444 e. The summed E-state index contributed by atoms with van der Waals surface area (Å²) in [5, 5.41) is 0. The van der Waals surface area contributed by atoms with Crippen molar-refractivity contribution in [2.75, 3.05) is 13.1 Å². The molecule has 0 fully saturated rings. The Hall–Kier alpha value is -0.840. The van der Waals surface area contributed by atoms with Gasteiger partial charge in [0.25, 0.3) is 0 Å². The summed E-state index contributed by atoms with van der Waals surface area (Å²) in [6.07, 6.45) is 0.212. The van der Waals surface area contributed by atoms with Gasteiger partial charge in [0.2, 0.25) is 0 Å². The second-order valence-electron chi connectivity index (χ2n) is 4.28. The van der Waals surface area contributed by atoms with E-state index in [1.807, 2.05) is 27.7 Å². The average Bonchev–Trinajstić information content (AvgIpc) is 2.01. The molecule has 0 unspecified atom stereocenters. The van der Waals surface area contributed by atoms with Crippen LogP contribution in [0, 0.1) is 0 Å².